The first-order valence-corrected chi connectivity index (χ1v) is 6.44. The van der Waals surface area contributed by atoms with E-state index in [1.807, 2.05) is 6.20 Å². The molecule has 2 nitrogen and oxygen atoms in total. The van der Waals surface area contributed by atoms with Crippen LogP contribution in [0.15, 0.2) is 48.7 Å². The number of hydrogen-bond donors (Lipinski definition) is 1. The van der Waals surface area contributed by atoms with Gasteiger partial charge in [-0.25, -0.2) is 0 Å². The number of fused-ring (bicyclic) bond motifs is 1. The standard InChI is InChI=1S/C16H14N2/c1-2-4-13-9-14(8-5-11(13)3-1)15-10-17-18-16(15)12-6-7-12/h1-5,8-10,12H,6-7H2,(H,17,18). The monoisotopic (exact) mass is 234 g/mol. The van der Waals surface area contributed by atoms with Gasteiger partial charge in [0, 0.05) is 17.2 Å². The maximum atomic E-state index is 4.21. The molecule has 0 radical (unpaired) electrons. The molecule has 1 aliphatic rings. The summed E-state index contributed by atoms with van der Waals surface area (Å²) in [7, 11) is 0. The minimum atomic E-state index is 0.703. The summed E-state index contributed by atoms with van der Waals surface area (Å²) in [5.41, 5.74) is 3.85. The van der Waals surface area contributed by atoms with Crippen molar-refractivity contribution in [2.45, 2.75) is 18.8 Å². The smallest absolute Gasteiger partial charge is 0.0568 e. The number of H-pyrrole nitrogens is 1. The van der Waals surface area contributed by atoms with E-state index >= 15 is 0 Å². The lowest BCUT2D eigenvalue weighted by Gasteiger charge is -2.04. The highest BCUT2D eigenvalue weighted by molar-refractivity contribution is 5.87. The predicted octanol–water partition coefficient (Wildman–Crippen LogP) is 4.11. The third kappa shape index (κ3) is 1.53. The van der Waals surface area contributed by atoms with Crippen LogP contribution in [0.5, 0.6) is 0 Å². The van der Waals surface area contributed by atoms with Gasteiger partial charge in [-0.15, -0.1) is 0 Å². The Balaban J connectivity index is 1.88. The molecule has 0 spiro atoms. The lowest BCUT2D eigenvalue weighted by Crippen LogP contribution is -1.84. The third-order valence-corrected chi connectivity index (χ3v) is 3.71. The molecule has 0 bridgehead atoms. The Morgan fingerprint density at radius 3 is 2.67 bits per heavy atom. The number of rotatable bonds is 2. The summed E-state index contributed by atoms with van der Waals surface area (Å²) in [6.07, 6.45) is 4.54. The zero-order chi connectivity index (χ0) is 11.9. The quantitative estimate of drug-likeness (QED) is 0.710. The molecule has 3 aromatic rings. The molecule has 1 fully saturated rings. The Bertz CT molecular complexity index is 708. The fraction of sp³-hybridized carbons (Fsp3) is 0.188. The van der Waals surface area contributed by atoms with Crippen LogP contribution < -0.4 is 0 Å². The van der Waals surface area contributed by atoms with E-state index in [0.29, 0.717) is 5.92 Å². The van der Waals surface area contributed by atoms with Crippen LogP contribution >= 0.6 is 0 Å². The molecule has 0 unspecified atom stereocenters. The first-order valence-electron chi connectivity index (χ1n) is 6.44. The summed E-state index contributed by atoms with van der Waals surface area (Å²) in [4.78, 5) is 0. The van der Waals surface area contributed by atoms with E-state index in [9.17, 15) is 0 Å². The van der Waals surface area contributed by atoms with E-state index in [1.54, 1.807) is 0 Å². The maximum Gasteiger partial charge on any atom is 0.0568 e. The number of aromatic amines is 1. The summed E-state index contributed by atoms with van der Waals surface area (Å²) in [6.45, 7) is 0. The van der Waals surface area contributed by atoms with E-state index in [0.717, 1.165) is 0 Å². The molecule has 0 aliphatic heterocycles. The fourth-order valence-corrected chi connectivity index (χ4v) is 2.57. The first kappa shape index (κ1) is 9.89. The molecule has 1 N–H and O–H groups in total. The Morgan fingerprint density at radius 1 is 1.00 bits per heavy atom. The van der Waals surface area contributed by atoms with Crippen molar-refractivity contribution in [1.82, 2.24) is 10.2 Å². The zero-order valence-electron chi connectivity index (χ0n) is 10.1. The topological polar surface area (TPSA) is 28.7 Å². The second-order valence-electron chi connectivity index (χ2n) is 5.03. The van der Waals surface area contributed by atoms with Crippen LogP contribution in [0.4, 0.5) is 0 Å². The van der Waals surface area contributed by atoms with Gasteiger partial charge in [0.25, 0.3) is 0 Å². The van der Waals surface area contributed by atoms with Gasteiger partial charge in [0.15, 0.2) is 0 Å². The number of aromatic nitrogens is 2. The second-order valence-corrected chi connectivity index (χ2v) is 5.03. The normalized spacial score (nSPS) is 15.1. The number of benzene rings is 2. The summed E-state index contributed by atoms with van der Waals surface area (Å²) in [6, 6.07) is 15.1. The van der Waals surface area contributed by atoms with Crippen molar-refractivity contribution < 1.29 is 0 Å². The molecule has 4 rings (SSSR count). The molecule has 18 heavy (non-hydrogen) atoms. The zero-order valence-corrected chi connectivity index (χ0v) is 10.1. The van der Waals surface area contributed by atoms with E-state index in [1.165, 1.54) is 40.4 Å². The van der Waals surface area contributed by atoms with E-state index < -0.39 is 0 Å². The maximum absolute atomic E-state index is 4.21. The Morgan fingerprint density at radius 2 is 1.83 bits per heavy atom. The van der Waals surface area contributed by atoms with E-state index in [-0.39, 0.29) is 0 Å². The molecule has 1 heterocycles. The van der Waals surface area contributed by atoms with Gasteiger partial charge >= 0.3 is 0 Å². The highest BCUT2D eigenvalue weighted by Crippen LogP contribution is 2.43. The molecule has 1 saturated carbocycles. The molecule has 1 aliphatic carbocycles. The molecule has 1 aromatic heterocycles. The van der Waals surface area contributed by atoms with Crippen molar-refractivity contribution >= 4 is 10.8 Å². The molecule has 0 atom stereocenters. The van der Waals surface area contributed by atoms with E-state index in [2.05, 4.69) is 52.7 Å². The van der Waals surface area contributed by atoms with Crippen LogP contribution in [0.25, 0.3) is 21.9 Å². The second kappa shape index (κ2) is 3.70. The van der Waals surface area contributed by atoms with Crippen LogP contribution in [0.1, 0.15) is 24.5 Å². The van der Waals surface area contributed by atoms with Gasteiger partial charge < -0.3 is 0 Å². The average Bonchev–Trinajstić information content (AvgIpc) is 3.16. The molecule has 0 saturated heterocycles. The summed E-state index contributed by atoms with van der Waals surface area (Å²) >= 11 is 0. The molecular weight excluding hydrogens is 220 g/mol. The van der Waals surface area contributed by atoms with Gasteiger partial charge in [0.05, 0.1) is 6.20 Å². The van der Waals surface area contributed by atoms with Gasteiger partial charge in [0.2, 0.25) is 0 Å². The SMILES string of the molecule is c1ccc2cc(-c3cn[nH]c3C3CC3)ccc2c1. The summed E-state index contributed by atoms with van der Waals surface area (Å²) in [5.74, 6) is 0.703. The minimum Gasteiger partial charge on any atom is -0.282 e. The van der Waals surface area contributed by atoms with Crippen LogP contribution in [0, 0.1) is 0 Å². The van der Waals surface area contributed by atoms with Crippen LogP contribution in [0.2, 0.25) is 0 Å². The number of nitrogens with zero attached hydrogens (tertiary/aromatic N) is 1. The van der Waals surface area contributed by atoms with Crippen LogP contribution in [-0.2, 0) is 0 Å². The summed E-state index contributed by atoms with van der Waals surface area (Å²) in [5, 5.41) is 9.96. The Labute approximate surface area is 106 Å². The largest absolute Gasteiger partial charge is 0.282 e. The van der Waals surface area contributed by atoms with Gasteiger partial charge in [-0.2, -0.15) is 5.10 Å². The van der Waals surface area contributed by atoms with Crippen molar-refractivity contribution in [1.29, 1.82) is 0 Å². The molecule has 2 aromatic carbocycles. The highest BCUT2D eigenvalue weighted by Gasteiger charge is 2.28. The first-order chi connectivity index (χ1) is 8.92. The van der Waals surface area contributed by atoms with Crippen molar-refractivity contribution in [3.05, 3.63) is 54.4 Å². The Hall–Kier alpha value is -2.09. The van der Waals surface area contributed by atoms with Crippen LogP contribution in [0.3, 0.4) is 0 Å². The number of hydrogen-bond acceptors (Lipinski definition) is 1. The third-order valence-electron chi connectivity index (χ3n) is 3.71. The van der Waals surface area contributed by atoms with Gasteiger partial charge in [-0.3, -0.25) is 5.10 Å². The summed E-state index contributed by atoms with van der Waals surface area (Å²) < 4.78 is 0. The molecule has 0 amide bonds. The van der Waals surface area contributed by atoms with E-state index in [4.69, 9.17) is 0 Å². The van der Waals surface area contributed by atoms with Gasteiger partial charge in [-0.05, 0) is 35.2 Å². The van der Waals surface area contributed by atoms with Crippen LogP contribution in [-0.4, -0.2) is 10.2 Å². The fourth-order valence-electron chi connectivity index (χ4n) is 2.57. The van der Waals surface area contributed by atoms with Crippen molar-refractivity contribution in [3.63, 3.8) is 0 Å². The minimum absolute atomic E-state index is 0.703. The lowest BCUT2D eigenvalue weighted by molar-refractivity contribution is 0.966. The van der Waals surface area contributed by atoms with Crippen molar-refractivity contribution in [2.75, 3.05) is 0 Å². The average molecular weight is 234 g/mol. The molecule has 88 valence electrons. The molecular formula is C16H14N2. The van der Waals surface area contributed by atoms with Gasteiger partial charge in [0.1, 0.15) is 0 Å². The van der Waals surface area contributed by atoms with Crippen molar-refractivity contribution in [3.8, 4) is 11.1 Å². The van der Waals surface area contributed by atoms with Crippen molar-refractivity contribution in [2.24, 2.45) is 0 Å². The number of nitrogens with one attached hydrogen (secondary N) is 1. The lowest BCUT2D eigenvalue weighted by atomic mass is 10.0. The van der Waals surface area contributed by atoms with Gasteiger partial charge in [-0.1, -0.05) is 36.4 Å². The Kier molecular flexibility index (Phi) is 2.04. The predicted molar refractivity (Wildman–Crippen MR) is 73.5 cm³/mol. The molecule has 2 heteroatoms. The highest BCUT2D eigenvalue weighted by atomic mass is 15.1.